The Kier molecular flexibility index (Phi) is 4.13. The molecule has 5 nitrogen and oxygen atoms in total. The van der Waals surface area contributed by atoms with Gasteiger partial charge in [0.2, 0.25) is 0 Å². The number of amides is 1. The van der Waals surface area contributed by atoms with E-state index in [2.05, 4.69) is 5.32 Å². The van der Waals surface area contributed by atoms with Gasteiger partial charge < -0.3 is 5.32 Å². The van der Waals surface area contributed by atoms with E-state index < -0.39 is 28.2 Å². The summed E-state index contributed by atoms with van der Waals surface area (Å²) in [5.74, 6) is -2.70. The summed E-state index contributed by atoms with van der Waals surface area (Å²) in [6.45, 7) is 0. The van der Waals surface area contributed by atoms with Crippen LogP contribution in [0.3, 0.4) is 0 Å². The lowest BCUT2D eigenvalue weighted by atomic mass is 10.2. The van der Waals surface area contributed by atoms with Crippen molar-refractivity contribution in [3.8, 4) is 0 Å². The minimum absolute atomic E-state index is 0.0693. The summed E-state index contributed by atoms with van der Waals surface area (Å²) in [7, 11) is 0. The van der Waals surface area contributed by atoms with Gasteiger partial charge in [-0.3, -0.25) is 14.9 Å². The number of rotatable bonds is 3. The van der Waals surface area contributed by atoms with Crippen molar-refractivity contribution in [2.75, 3.05) is 5.32 Å². The van der Waals surface area contributed by atoms with Crippen LogP contribution < -0.4 is 5.32 Å². The molecule has 0 bridgehead atoms. The van der Waals surface area contributed by atoms with Crippen LogP contribution in [0.1, 0.15) is 10.4 Å². The monoisotopic (exact) mass is 312 g/mol. The molecule has 1 amide bonds. The average Bonchev–Trinajstić information content (AvgIpc) is 2.40. The molecule has 8 heteroatoms. The molecule has 1 N–H and O–H groups in total. The van der Waals surface area contributed by atoms with Gasteiger partial charge in [0, 0.05) is 17.8 Å². The molecule has 0 heterocycles. The Balaban J connectivity index is 2.27. The number of benzene rings is 2. The summed E-state index contributed by atoms with van der Waals surface area (Å²) in [5, 5.41) is 12.9. The van der Waals surface area contributed by atoms with Crippen molar-refractivity contribution < 1.29 is 18.5 Å². The molecule has 0 aromatic heterocycles. The molecule has 2 aromatic carbocycles. The standard InChI is InChI=1S/C13H7ClF2N2O3/c14-10-4-2-8(6-12(10)18(20)21)17-13(19)9-3-1-7(15)5-11(9)16/h1-6H,(H,17,19). The summed E-state index contributed by atoms with van der Waals surface area (Å²) < 4.78 is 26.2. The molecule has 0 saturated heterocycles. The number of nitrogens with zero attached hydrogens (tertiary/aromatic N) is 1. The van der Waals surface area contributed by atoms with Gasteiger partial charge in [0.15, 0.2) is 0 Å². The molecule has 0 saturated carbocycles. The number of halogens is 3. The van der Waals surface area contributed by atoms with Crippen molar-refractivity contribution >= 4 is 28.9 Å². The van der Waals surface area contributed by atoms with Gasteiger partial charge in [-0.25, -0.2) is 8.78 Å². The number of hydrogen-bond acceptors (Lipinski definition) is 3. The third-order valence-electron chi connectivity index (χ3n) is 2.58. The minimum atomic E-state index is -1.03. The van der Waals surface area contributed by atoms with Crippen LogP contribution in [-0.4, -0.2) is 10.8 Å². The Morgan fingerprint density at radius 3 is 2.52 bits per heavy atom. The van der Waals surface area contributed by atoms with E-state index in [1.807, 2.05) is 0 Å². The van der Waals surface area contributed by atoms with E-state index in [1.165, 1.54) is 12.1 Å². The van der Waals surface area contributed by atoms with Gasteiger partial charge in [0.25, 0.3) is 11.6 Å². The van der Waals surface area contributed by atoms with Crippen LogP contribution in [0.2, 0.25) is 5.02 Å². The Bertz CT molecular complexity index is 737. The van der Waals surface area contributed by atoms with Gasteiger partial charge in [-0.2, -0.15) is 0 Å². The Morgan fingerprint density at radius 1 is 1.19 bits per heavy atom. The number of nitrogens with one attached hydrogen (secondary N) is 1. The Morgan fingerprint density at radius 2 is 1.90 bits per heavy atom. The highest BCUT2D eigenvalue weighted by Crippen LogP contribution is 2.27. The van der Waals surface area contributed by atoms with E-state index in [0.717, 1.165) is 18.2 Å². The van der Waals surface area contributed by atoms with E-state index in [4.69, 9.17) is 11.6 Å². The van der Waals surface area contributed by atoms with E-state index >= 15 is 0 Å². The fourth-order valence-electron chi connectivity index (χ4n) is 1.60. The first kappa shape index (κ1) is 14.9. The average molecular weight is 313 g/mol. The predicted octanol–water partition coefficient (Wildman–Crippen LogP) is 3.78. The molecule has 0 fully saturated rings. The zero-order chi connectivity index (χ0) is 15.6. The first-order valence-electron chi connectivity index (χ1n) is 5.59. The topological polar surface area (TPSA) is 72.2 Å². The molecule has 0 unspecified atom stereocenters. The van der Waals surface area contributed by atoms with Gasteiger partial charge in [-0.15, -0.1) is 0 Å². The predicted molar refractivity (Wildman–Crippen MR) is 72.4 cm³/mol. The second kappa shape index (κ2) is 5.84. The zero-order valence-corrected chi connectivity index (χ0v) is 11.0. The molecular weight excluding hydrogens is 306 g/mol. The van der Waals surface area contributed by atoms with Crippen LogP contribution in [0.25, 0.3) is 0 Å². The molecule has 0 aliphatic rings. The number of carbonyl (C=O) groups excluding carboxylic acids is 1. The van der Waals surface area contributed by atoms with E-state index in [9.17, 15) is 23.7 Å². The highest BCUT2D eigenvalue weighted by atomic mass is 35.5. The fourth-order valence-corrected chi connectivity index (χ4v) is 1.79. The molecule has 2 aromatic rings. The second-order valence-corrected chi connectivity index (χ2v) is 4.41. The molecule has 108 valence electrons. The quantitative estimate of drug-likeness (QED) is 0.692. The second-order valence-electron chi connectivity index (χ2n) is 4.00. The van der Waals surface area contributed by atoms with Crippen LogP contribution in [0, 0.1) is 21.7 Å². The molecular formula is C13H7ClF2N2O3. The molecule has 2 rings (SSSR count). The highest BCUT2D eigenvalue weighted by Gasteiger charge is 2.16. The first-order chi connectivity index (χ1) is 9.88. The van der Waals surface area contributed by atoms with Crippen LogP contribution >= 0.6 is 11.6 Å². The van der Waals surface area contributed by atoms with Crippen LogP contribution in [0.4, 0.5) is 20.2 Å². The maximum Gasteiger partial charge on any atom is 0.289 e. The highest BCUT2D eigenvalue weighted by molar-refractivity contribution is 6.32. The maximum absolute atomic E-state index is 13.4. The van der Waals surface area contributed by atoms with Crippen molar-refractivity contribution in [3.05, 3.63) is 68.7 Å². The summed E-state index contributed by atoms with van der Waals surface area (Å²) in [4.78, 5) is 21.9. The molecule has 0 atom stereocenters. The zero-order valence-electron chi connectivity index (χ0n) is 10.3. The lowest BCUT2D eigenvalue weighted by molar-refractivity contribution is -0.384. The van der Waals surface area contributed by atoms with Crippen LogP contribution in [-0.2, 0) is 0 Å². The number of hydrogen-bond donors (Lipinski definition) is 1. The van der Waals surface area contributed by atoms with E-state index in [-0.39, 0.29) is 16.3 Å². The van der Waals surface area contributed by atoms with E-state index in [1.54, 1.807) is 0 Å². The first-order valence-corrected chi connectivity index (χ1v) is 5.96. The van der Waals surface area contributed by atoms with Crippen molar-refractivity contribution in [2.24, 2.45) is 0 Å². The lowest BCUT2D eigenvalue weighted by Crippen LogP contribution is -2.14. The van der Waals surface area contributed by atoms with Crippen molar-refractivity contribution in [1.29, 1.82) is 0 Å². The largest absolute Gasteiger partial charge is 0.322 e. The van der Waals surface area contributed by atoms with Gasteiger partial charge in [0.05, 0.1) is 10.5 Å². The smallest absolute Gasteiger partial charge is 0.289 e. The lowest BCUT2D eigenvalue weighted by Gasteiger charge is -2.06. The summed E-state index contributed by atoms with van der Waals surface area (Å²) >= 11 is 5.63. The number of carbonyl (C=O) groups is 1. The number of anilines is 1. The Hall–Kier alpha value is -2.54. The maximum atomic E-state index is 13.4. The summed E-state index contributed by atoms with van der Waals surface area (Å²) in [5.41, 5.74) is -0.706. The van der Waals surface area contributed by atoms with Crippen LogP contribution in [0.15, 0.2) is 36.4 Å². The molecule has 0 radical (unpaired) electrons. The Labute approximate surface area is 122 Å². The van der Waals surface area contributed by atoms with Gasteiger partial charge >= 0.3 is 0 Å². The fraction of sp³-hybridized carbons (Fsp3) is 0. The van der Waals surface area contributed by atoms with Crippen LogP contribution in [0.5, 0.6) is 0 Å². The van der Waals surface area contributed by atoms with Gasteiger partial charge in [-0.05, 0) is 24.3 Å². The SMILES string of the molecule is O=C(Nc1ccc(Cl)c([N+](=O)[O-])c1)c1ccc(F)cc1F. The minimum Gasteiger partial charge on any atom is -0.322 e. The van der Waals surface area contributed by atoms with E-state index in [0.29, 0.717) is 6.07 Å². The third-order valence-corrected chi connectivity index (χ3v) is 2.90. The number of nitro groups is 1. The molecule has 0 aliphatic carbocycles. The van der Waals surface area contributed by atoms with Crippen molar-refractivity contribution in [3.63, 3.8) is 0 Å². The number of nitro benzene ring substituents is 1. The molecule has 0 spiro atoms. The normalized spacial score (nSPS) is 10.2. The molecule has 21 heavy (non-hydrogen) atoms. The molecule has 0 aliphatic heterocycles. The summed E-state index contributed by atoms with van der Waals surface area (Å²) in [6.07, 6.45) is 0. The van der Waals surface area contributed by atoms with Crippen molar-refractivity contribution in [2.45, 2.75) is 0 Å². The summed E-state index contributed by atoms with van der Waals surface area (Å²) in [6, 6.07) is 6.08. The third kappa shape index (κ3) is 3.32. The van der Waals surface area contributed by atoms with Crippen molar-refractivity contribution in [1.82, 2.24) is 0 Å². The van der Waals surface area contributed by atoms with Gasteiger partial charge in [-0.1, -0.05) is 11.6 Å². The van der Waals surface area contributed by atoms with Gasteiger partial charge in [0.1, 0.15) is 16.7 Å².